The quantitative estimate of drug-likeness (QED) is 0.503. The molecule has 3 rings (SSSR count). The molecule has 34 heavy (non-hydrogen) atoms. The summed E-state index contributed by atoms with van der Waals surface area (Å²) in [5.41, 5.74) is 1.54. The summed E-state index contributed by atoms with van der Waals surface area (Å²) in [5, 5.41) is 13.5. The highest BCUT2D eigenvalue weighted by atomic mass is 19.4. The van der Waals surface area contributed by atoms with Crippen molar-refractivity contribution >= 4 is 11.7 Å². The first-order valence-corrected chi connectivity index (χ1v) is 11.8. The topological polar surface area (TPSA) is 61.8 Å². The zero-order valence-corrected chi connectivity index (χ0v) is 19.6. The van der Waals surface area contributed by atoms with Gasteiger partial charge in [-0.3, -0.25) is 0 Å². The highest BCUT2D eigenvalue weighted by molar-refractivity contribution is 5.80. The van der Waals surface area contributed by atoms with Crippen LogP contribution in [0.1, 0.15) is 55.9 Å². The summed E-state index contributed by atoms with van der Waals surface area (Å²) in [6, 6.07) is 12.6. The molecule has 1 aliphatic heterocycles. The number of aliphatic hydroxyl groups is 1. The summed E-state index contributed by atoms with van der Waals surface area (Å²) in [6.45, 7) is 5.11. The molecule has 0 spiro atoms. The molecule has 5 nitrogen and oxygen atoms in total. The third-order valence-corrected chi connectivity index (χ3v) is 6.13. The van der Waals surface area contributed by atoms with Gasteiger partial charge in [0.05, 0.1) is 18.3 Å². The summed E-state index contributed by atoms with van der Waals surface area (Å²) < 4.78 is 44.0. The number of hydrogen-bond donors (Lipinski definition) is 2. The summed E-state index contributed by atoms with van der Waals surface area (Å²) in [4.78, 5) is 14.5. The molecule has 1 fully saturated rings. The van der Waals surface area contributed by atoms with Crippen LogP contribution in [-0.4, -0.2) is 42.9 Å². The second-order valence-corrected chi connectivity index (χ2v) is 8.78. The molecule has 0 aromatic heterocycles. The number of carbonyl (C=O) groups is 1. The summed E-state index contributed by atoms with van der Waals surface area (Å²) in [6.07, 6.45) is -1.95. The highest BCUT2D eigenvalue weighted by Crippen LogP contribution is 2.31. The minimum Gasteiger partial charge on any atom is -0.464 e. The average molecular weight is 479 g/mol. The van der Waals surface area contributed by atoms with E-state index in [1.165, 1.54) is 12.1 Å². The second kappa shape index (κ2) is 11.7. The molecule has 2 N–H and O–H groups in total. The lowest BCUT2D eigenvalue weighted by Crippen LogP contribution is -2.45. The number of benzene rings is 2. The molecular weight excluding hydrogens is 445 g/mol. The summed E-state index contributed by atoms with van der Waals surface area (Å²) in [5.74, 6) is -0.177. The van der Waals surface area contributed by atoms with Crippen molar-refractivity contribution in [3.8, 4) is 0 Å². The van der Waals surface area contributed by atoms with Crippen LogP contribution < -0.4 is 10.2 Å². The average Bonchev–Trinajstić information content (AvgIpc) is 2.83. The van der Waals surface area contributed by atoms with Gasteiger partial charge in [0.2, 0.25) is 0 Å². The third-order valence-electron chi connectivity index (χ3n) is 6.13. The van der Waals surface area contributed by atoms with Crippen molar-refractivity contribution in [2.75, 3.05) is 24.6 Å². The van der Waals surface area contributed by atoms with Crippen LogP contribution in [0.3, 0.4) is 0 Å². The van der Waals surface area contributed by atoms with Gasteiger partial charge in [-0.25, -0.2) is 4.79 Å². The van der Waals surface area contributed by atoms with E-state index in [1.54, 1.807) is 0 Å². The Labute approximate surface area is 198 Å². The first-order valence-electron chi connectivity index (χ1n) is 11.8. The maximum absolute atomic E-state index is 12.9. The molecule has 1 saturated heterocycles. The van der Waals surface area contributed by atoms with Gasteiger partial charge in [-0.15, -0.1) is 0 Å². The Morgan fingerprint density at radius 2 is 1.94 bits per heavy atom. The molecule has 8 heteroatoms. The molecule has 1 heterocycles. The van der Waals surface area contributed by atoms with Crippen LogP contribution in [0.5, 0.6) is 0 Å². The Hall–Kier alpha value is -2.58. The number of halogens is 3. The number of piperidine rings is 1. The van der Waals surface area contributed by atoms with Crippen LogP contribution in [-0.2, 0) is 22.1 Å². The zero-order valence-electron chi connectivity index (χ0n) is 19.6. The first-order chi connectivity index (χ1) is 16.2. The van der Waals surface area contributed by atoms with E-state index in [2.05, 4.69) is 10.2 Å². The lowest BCUT2D eigenvalue weighted by Gasteiger charge is -2.36. The minimum absolute atomic E-state index is 0.00793. The standard InChI is InChI=1S/C26H33F3N2O3/c1-3-34-25(33)23-9-4-5-14-31(23)22-12-10-19(11-13-22)15-18(2)30-17-24(32)20-7-6-8-21(16-20)26(27,28)29/h6-8,10-13,16,18,23-24,30,32H,3-5,9,14-15,17H2,1-2H3. The van der Waals surface area contributed by atoms with Crippen molar-refractivity contribution < 1.29 is 27.8 Å². The van der Waals surface area contributed by atoms with E-state index in [0.717, 1.165) is 49.2 Å². The van der Waals surface area contributed by atoms with Crippen molar-refractivity contribution in [3.05, 3.63) is 65.2 Å². The van der Waals surface area contributed by atoms with Crippen molar-refractivity contribution in [1.29, 1.82) is 0 Å². The normalized spacial score (nSPS) is 18.4. The van der Waals surface area contributed by atoms with Crippen LogP contribution in [0.4, 0.5) is 18.9 Å². The zero-order chi connectivity index (χ0) is 24.7. The lowest BCUT2D eigenvalue weighted by molar-refractivity contribution is -0.145. The molecule has 0 bridgehead atoms. The molecule has 2 aromatic rings. The minimum atomic E-state index is -4.44. The third kappa shape index (κ3) is 6.96. The number of rotatable bonds is 9. The van der Waals surface area contributed by atoms with Crippen LogP contribution in [0.15, 0.2) is 48.5 Å². The number of carbonyl (C=O) groups excluding carboxylic acids is 1. The number of hydrogen-bond acceptors (Lipinski definition) is 5. The molecule has 3 unspecified atom stereocenters. The van der Waals surface area contributed by atoms with E-state index < -0.39 is 17.8 Å². The first kappa shape index (κ1) is 26.0. The molecule has 186 valence electrons. The summed E-state index contributed by atoms with van der Waals surface area (Å²) >= 11 is 0. The number of ether oxygens (including phenoxy) is 1. The second-order valence-electron chi connectivity index (χ2n) is 8.78. The molecule has 1 aliphatic rings. The van der Waals surface area contributed by atoms with Gasteiger partial charge in [0.25, 0.3) is 0 Å². The molecule has 0 radical (unpaired) electrons. The van der Waals surface area contributed by atoms with E-state index in [9.17, 15) is 23.1 Å². The molecule has 2 aromatic carbocycles. The fraction of sp³-hybridized carbons (Fsp3) is 0.500. The van der Waals surface area contributed by atoms with Gasteiger partial charge in [-0.2, -0.15) is 13.2 Å². The van der Waals surface area contributed by atoms with Gasteiger partial charge in [0.15, 0.2) is 0 Å². The van der Waals surface area contributed by atoms with Gasteiger partial charge in [0.1, 0.15) is 6.04 Å². The van der Waals surface area contributed by atoms with Crippen molar-refractivity contribution in [3.63, 3.8) is 0 Å². The van der Waals surface area contributed by atoms with Crippen LogP contribution in [0.2, 0.25) is 0 Å². The fourth-order valence-electron chi connectivity index (χ4n) is 4.33. The Morgan fingerprint density at radius 1 is 1.21 bits per heavy atom. The molecule has 0 amide bonds. The Kier molecular flexibility index (Phi) is 8.97. The fourth-order valence-corrected chi connectivity index (χ4v) is 4.33. The Balaban J connectivity index is 1.54. The number of nitrogens with zero attached hydrogens (tertiary/aromatic N) is 1. The van der Waals surface area contributed by atoms with Gasteiger partial charge in [-0.1, -0.05) is 24.3 Å². The number of nitrogens with one attached hydrogen (secondary N) is 1. The number of alkyl halides is 3. The Bertz CT molecular complexity index is 934. The van der Waals surface area contributed by atoms with Crippen LogP contribution in [0, 0.1) is 0 Å². The van der Waals surface area contributed by atoms with Crippen molar-refractivity contribution in [1.82, 2.24) is 5.32 Å². The molecular formula is C26H33F3N2O3. The van der Waals surface area contributed by atoms with Gasteiger partial charge >= 0.3 is 12.1 Å². The van der Waals surface area contributed by atoms with Gasteiger partial charge < -0.3 is 20.1 Å². The lowest BCUT2D eigenvalue weighted by atomic mass is 10.00. The molecule has 0 saturated carbocycles. The van der Waals surface area contributed by atoms with Gasteiger partial charge in [-0.05, 0) is 74.9 Å². The molecule has 3 atom stereocenters. The van der Waals surface area contributed by atoms with Crippen LogP contribution in [0.25, 0.3) is 0 Å². The van der Waals surface area contributed by atoms with E-state index in [4.69, 9.17) is 4.74 Å². The number of anilines is 1. The molecule has 0 aliphatic carbocycles. The monoisotopic (exact) mass is 478 g/mol. The van der Waals surface area contributed by atoms with Crippen molar-refractivity contribution in [2.45, 2.75) is 63.9 Å². The summed E-state index contributed by atoms with van der Waals surface area (Å²) in [7, 11) is 0. The van der Waals surface area contributed by atoms with Crippen LogP contribution >= 0.6 is 0 Å². The largest absolute Gasteiger partial charge is 0.464 e. The SMILES string of the molecule is CCOC(=O)C1CCCCN1c1ccc(CC(C)NCC(O)c2cccc(C(F)(F)F)c2)cc1. The predicted molar refractivity (Wildman–Crippen MR) is 126 cm³/mol. The highest BCUT2D eigenvalue weighted by Gasteiger charge is 2.31. The van der Waals surface area contributed by atoms with E-state index in [0.29, 0.717) is 13.0 Å². The predicted octanol–water partition coefficient (Wildman–Crippen LogP) is 4.88. The number of esters is 1. The van der Waals surface area contributed by atoms with E-state index in [-0.39, 0.29) is 30.2 Å². The maximum Gasteiger partial charge on any atom is 0.416 e. The Morgan fingerprint density at radius 3 is 2.62 bits per heavy atom. The van der Waals surface area contributed by atoms with E-state index >= 15 is 0 Å². The van der Waals surface area contributed by atoms with Crippen molar-refractivity contribution in [2.24, 2.45) is 0 Å². The maximum atomic E-state index is 12.9. The number of aliphatic hydroxyl groups excluding tert-OH is 1. The van der Waals surface area contributed by atoms with Gasteiger partial charge in [0, 0.05) is 24.8 Å². The van der Waals surface area contributed by atoms with E-state index in [1.807, 2.05) is 38.1 Å². The smallest absolute Gasteiger partial charge is 0.416 e.